The summed E-state index contributed by atoms with van der Waals surface area (Å²) < 4.78 is 7.01. The van der Waals surface area contributed by atoms with Gasteiger partial charge in [-0.05, 0) is 77.9 Å². The van der Waals surface area contributed by atoms with Gasteiger partial charge in [0.15, 0.2) is 0 Å². The van der Waals surface area contributed by atoms with Crippen molar-refractivity contribution in [1.82, 2.24) is 15.5 Å². The molecule has 0 aliphatic carbocycles. The molecule has 3 aromatic rings. The summed E-state index contributed by atoms with van der Waals surface area (Å²) in [5, 5.41) is 14.2. The first-order valence-electron chi connectivity index (χ1n) is 9.09. The van der Waals surface area contributed by atoms with Crippen molar-refractivity contribution in [3.05, 3.63) is 57.8 Å². The Morgan fingerprint density at radius 1 is 1.26 bits per heavy atom. The molecule has 6 nitrogen and oxygen atoms in total. The number of rotatable bonds is 4. The fourth-order valence-corrected chi connectivity index (χ4v) is 4.05. The largest absolute Gasteiger partial charge is 0.439 e. The molecule has 1 aliphatic rings. The SMILES string of the molecule is O=C(Nc1ccc2[nH]ncc2c1)OC(c1cccc(I)c1)[C@@H]1CCCCN1. The predicted octanol–water partition coefficient (Wildman–Crippen LogP) is 4.60. The molecule has 0 bridgehead atoms. The molecular formula is C20H21IN4O2. The van der Waals surface area contributed by atoms with Gasteiger partial charge in [0.25, 0.3) is 0 Å². The van der Waals surface area contributed by atoms with E-state index < -0.39 is 6.09 Å². The summed E-state index contributed by atoms with van der Waals surface area (Å²) in [5.74, 6) is 0. The van der Waals surface area contributed by atoms with E-state index in [0.29, 0.717) is 5.69 Å². The summed E-state index contributed by atoms with van der Waals surface area (Å²) in [4.78, 5) is 12.6. The second-order valence-electron chi connectivity index (χ2n) is 6.73. The van der Waals surface area contributed by atoms with Gasteiger partial charge < -0.3 is 10.1 Å². The van der Waals surface area contributed by atoms with Gasteiger partial charge in [0, 0.05) is 20.7 Å². The fraction of sp³-hybridized carbons (Fsp3) is 0.300. The second kappa shape index (κ2) is 8.26. The zero-order chi connectivity index (χ0) is 18.6. The molecule has 1 aromatic heterocycles. The van der Waals surface area contributed by atoms with E-state index in [1.54, 1.807) is 6.20 Å². The molecule has 2 atom stereocenters. The number of nitrogens with one attached hydrogen (secondary N) is 3. The molecule has 7 heteroatoms. The highest BCUT2D eigenvalue weighted by molar-refractivity contribution is 14.1. The molecule has 2 heterocycles. The number of amides is 1. The quantitative estimate of drug-likeness (QED) is 0.481. The molecule has 2 aromatic carbocycles. The Balaban J connectivity index is 1.51. The Morgan fingerprint density at radius 3 is 3.00 bits per heavy atom. The molecule has 1 fully saturated rings. The van der Waals surface area contributed by atoms with Crippen LogP contribution in [0.15, 0.2) is 48.7 Å². The summed E-state index contributed by atoms with van der Waals surface area (Å²) >= 11 is 2.28. The number of hydrogen-bond acceptors (Lipinski definition) is 4. The van der Waals surface area contributed by atoms with Gasteiger partial charge in [0.05, 0.1) is 11.7 Å². The normalized spacial score (nSPS) is 18.2. The van der Waals surface area contributed by atoms with Crippen LogP contribution in [0.5, 0.6) is 0 Å². The first-order chi connectivity index (χ1) is 13.2. The van der Waals surface area contributed by atoms with E-state index in [2.05, 4.69) is 49.5 Å². The van der Waals surface area contributed by atoms with Crippen molar-refractivity contribution in [1.29, 1.82) is 0 Å². The molecule has 0 radical (unpaired) electrons. The maximum absolute atomic E-state index is 12.6. The Bertz CT molecular complexity index is 936. The summed E-state index contributed by atoms with van der Waals surface area (Å²) in [7, 11) is 0. The predicted molar refractivity (Wildman–Crippen MR) is 114 cm³/mol. The number of benzene rings is 2. The van der Waals surface area contributed by atoms with Crippen molar-refractivity contribution in [2.75, 3.05) is 11.9 Å². The first-order valence-corrected chi connectivity index (χ1v) is 10.2. The van der Waals surface area contributed by atoms with E-state index >= 15 is 0 Å². The zero-order valence-corrected chi connectivity index (χ0v) is 16.9. The van der Waals surface area contributed by atoms with Crippen LogP contribution < -0.4 is 10.6 Å². The molecular weight excluding hydrogens is 455 g/mol. The van der Waals surface area contributed by atoms with Crippen LogP contribution in [-0.4, -0.2) is 28.9 Å². The van der Waals surface area contributed by atoms with Gasteiger partial charge in [-0.1, -0.05) is 18.6 Å². The lowest BCUT2D eigenvalue weighted by atomic mass is 9.95. The Hall–Kier alpha value is -2.13. The van der Waals surface area contributed by atoms with Crippen LogP contribution in [0.4, 0.5) is 10.5 Å². The van der Waals surface area contributed by atoms with E-state index in [9.17, 15) is 4.79 Å². The minimum Gasteiger partial charge on any atom is -0.439 e. The average molecular weight is 476 g/mol. The molecule has 0 saturated carbocycles. The third-order valence-corrected chi connectivity index (χ3v) is 5.48. The van der Waals surface area contributed by atoms with Gasteiger partial charge in [-0.25, -0.2) is 4.79 Å². The van der Waals surface area contributed by atoms with Crippen LogP contribution in [0.25, 0.3) is 10.9 Å². The molecule has 1 unspecified atom stereocenters. The molecule has 27 heavy (non-hydrogen) atoms. The molecule has 1 aliphatic heterocycles. The number of ether oxygens (including phenoxy) is 1. The van der Waals surface area contributed by atoms with Gasteiger partial charge in [-0.15, -0.1) is 0 Å². The Labute approximate surface area is 171 Å². The first kappa shape index (κ1) is 18.2. The number of H-pyrrole nitrogens is 1. The van der Waals surface area contributed by atoms with Gasteiger partial charge in [-0.2, -0.15) is 5.10 Å². The van der Waals surface area contributed by atoms with Gasteiger partial charge in [0.2, 0.25) is 0 Å². The minimum absolute atomic E-state index is 0.124. The van der Waals surface area contributed by atoms with Gasteiger partial charge in [0.1, 0.15) is 6.10 Å². The monoisotopic (exact) mass is 476 g/mol. The molecule has 1 saturated heterocycles. The summed E-state index contributed by atoms with van der Waals surface area (Å²) in [5.41, 5.74) is 2.63. The van der Waals surface area contributed by atoms with Crippen LogP contribution in [0, 0.1) is 3.57 Å². The van der Waals surface area contributed by atoms with Crippen LogP contribution in [0.2, 0.25) is 0 Å². The number of aromatic amines is 1. The highest BCUT2D eigenvalue weighted by Crippen LogP contribution is 2.28. The summed E-state index contributed by atoms with van der Waals surface area (Å²) in [6.07, 6.45) is 4.25. The molecule has 1 amide bonds. The highest BCUT2D eigenvalue weighted by atomic mass is 127. The van der Waals surface area contributed by atoms with Crippen LogP contribution in [-0.2, 0) is 4.74 Å². The van der Waals surface area contributed by atoms with Crippen LogP contribution in [0.1, 0.15) is 30.9 Å². The molecule has 3 N–H and O–H groups in total. The molecule has 4 rings (SSSR count). The molecule has 0 spiro atoms. The minimum atomic E-state index is -0.450. The second-order valence-corrected chi connectivity index (χ2v) is 7.98. The fourth-order valence-electron chi connectivity index (χ4n) is 3.49. The topological polar surface area (TPSA) is 79.0 Å². The van der Waals surface area contributed by atoms with E-state index in [1.807, 2.05) is 36.4 Å². The standard InChI is InChI=1S/C20H21IN4O2/c21-15-5-3-4-13(10-15)19(18-6-1-2-9-22-18)27-20(26)24-16-7-8-17-14(11-16)12-23-25-17/h3-5,7-8,10-12,18-19,22H,1-2,6,9H2,(H,23,25)(H,24,26)/t18-,19?/m0/s1. The van der Waals surface area contributed by atoms with Crippen molar-refractivity contribution in [3.8, 4) is 0 Å². The van der Waals surface area contributed by atoms with Gasteiger partial charge in [-0.3, -0.25) is 10.4 Å². The number of hydrogen-bond donors (Lipinski definition) is 3. The maximum atomic E-state index is 12.6. The van der Waals surface area contributed by atoms with E-state index in [0.717, 1.165) is 45.8 Å². The average Bonchev–Trinajstić information content (AvgIpc) is 3.14. The third kappa shape index (κ3) is 4.41. The number of aromatic nitrogens is 2. The third-order valence-electron chi connectivity index (χ3n) is 4.81. The van der Waals surface area contributed by atoms with Gasteiger partial charge >= 0.3 is 6.09 Å². The number of carbonyl (C=O) groups is 1. The Morgan fingerprint density at radius 2 is 2.19 bits per heavy atom. The van der Waals surface area contributed by atoms with E-state index in [4.69, 9.17) is 4.74 Å². The number of fused-ring (bicyclic) bond motifs is 1. The number of carbonyl (C=O) groups excluding carboxylic acids is 1. The number of piperidine rings is 1. The van der Waals surface area contributed by atoms with E-state index in [-0.39, 0.29) is 12.1 Å². The van der Waals surface area contributed by atoms with Crippen LogP contribution >= 0.6 is 22.6 Å². The lowest BCUT2D eigenvalue weighted by Crippen LogP contribution is -2.41. The van der Waals surface area contributed by atoms with Crippen molar-refractivity contribution < 1.29 is 9.53 Å². The number of nitrogens with zero attached hydrogens (tertiary/aromatic N) is 1. The summed E-state index contributed by atoms with van der Waals surface area (Å²) in [6, 6.07) is 13.9. The smallest absolute Gasteiger partial charge is 0.412 e. The van der Waals surface area contributed by atoms with Crippen molar-refractivity contribution in [2.45, 2.75) is 31.4 Å². The van der Waals surface area contributed by atoms with E-state index in [1.165, 1.54) is 0 Å². The summed E-state index contributed by atoms with van der Waals surface area (Å²) in [6.45, 7) is 0.952. The maximum Gasteiger partial charge on any atom is 0.412 e. The highest BCUT2D eigenvalue weighted by Gasteiger charge is 2.28. The Kier molecular flexibility index (Phi) is 5.58. The van der Waals surface area contributed by atoms with Crippen molar-refractivity contribution in [3.63, 3.8) is 0 Å². The zero-order valence-electron chi connectivity index (χ0n) is 14.7. The lowest BCUT2D eigenvalue weighted by molar-refractivity contribution is 0.0762. The lowest BCUT2D eigenvalue weighted by Gasteiger charge is -2.31. The molecule has 140 valence electrons. The van der Waals surface area contributed by atoms with Crippen molar-refractivity contribution >= 4 is 45.3 Å². The van der Waals surface area contributed by atoms with Crippen LogP contribution in [0.3, 0.4) is 0 Å². The number of halogens is 1. The van der Waals surface area contributed by atoms with Crippen molar-refractivity contribution in [2.24, 2.45) is 0 Å². The number of anilines is 1.